The Morgan fingerprint density at radius 1 is 1.59 bits per heavy atom. The van der Waals surface area contributed by atoms with Gasteiger partial charge in [-0.1, -0.05) is 0 Å². The fraction of sp³-hybridized carbons (Fsp3) is 0.250. The fourth-order valence-corrected chi connectivity index (χ4v) is 1.47. The largest absolute Gasteiger partial charge is 0.440 e. The maximum atomic E-state index is 11.3. The molecule has 0 fully saturated rings. The third kappa shape index (κ3) is 4.17. The number of thiazole rings is 1. The Balaban J connectivity index is 2.44. The number of hydrogen-bond acceptors (Lipinski definition) is 7. The van der Waals surface area contributed by atoms with Gasteiger partial charge in [0.05, 0.1) is 10.4 Å². The standard InChI is InChI=1S/C8H9N3O5S/c9-8(15)16-2-5(12)11-7(14)6(13)4-1-10-3-17-4/h1,3,6,13H,2H2,(H2,9,15)(H,11,12,14). The molecule has 3 amide bonds. The molecule has 1 atom stereocenters. The topological polar surface area (TPSA) is 132 Å². The molecule has 17 heavy (non-hydrogen) atoms. The molecule has 1 rings (SSSR count). The Hall–Kier alpha value is -2.00. The van der Waals surface area contributed by atoms with E-state index < -0.39 is 30.6 Å². The number of amides is 3. The molecule has 0 saturated carbocycles. The van der Waals surface area contributed by atoms with Crippen molar-refractivity contribution in [1.29, 1.82) is 0 Å². The lowest BCUT2D eigenvalue weighted by Crippen LogP contribution is -2.37. The molecule has 8 nitrogen and oxygen atoms in total. The van der Waals surface area contributed by atoms with Gasteiger partial charge in [0.1, 0.15) is 0 Å². The summed E-state index contributed by atoms with van der Waals surface area (Å²) in [5, 5.41) is 11.3. The summed E-state index contributed by atoms with van der Waals surface area (Å²) in [5.74, 6) is -1.80. The van der Waals surface area contributed by atoms with E-state index in [1.54, 1.807) is 0 Å². The van der Waals surface area contributed by atoms with Crippen LogP contribution in [0.5, 0.6) is 0 Å². The lowest BCUT2D eigenvalue weighted by molar-refractivity contribution is -0.137. The molecule has 9 heteroatoms. The summed E-state index contributed by atoms with van der Waals surface area (Å²) in [6.07, 6.45) is -1.31. The number of primary amides is 1. The number of nitrogens with zero attached hydrogens (tertiary/aromatic N) is 1. The molecule has 0 aliphatic carbocycles. The van der Waals surface area contributed by atoms with E-state index >= 15 is 0 Å². The summed E-state index contributed by atoms with van der Waals surface area (Å²) in [4.78, 5) is 36.5. The highest BCUT2D eigenvalue weighted by Crippen LogP contribution is 2.16. The summed E-state index contributed by atoms with van der Waals surface area (Å²) >= 11 is 1.07. The van der Waals surface area contributed by atoms with E-state index in [0.717, 1.165) is 11.3 Å². The molecular formula is C8H9N3O5S. The Labute approximate surface area is 99.4 Å². The van der Waals surface area contributed by atoms with Crippen LogP contribution in [-0.4, -0.2) is 34.6 Å². The number of aliphatic hydroxyl groups is 1. The van der Waals surface area contributed by atoms with Crippen molar-refractivity contribution in [3.8, 4) is 0 Å². The second-order valence-corrected chi connectivity index (χ2v) is 3.74. The smallest absolute Gasteiger partial charge is 0.405 e. The number of nitrogens with two attached hydrogens (primary N) is 1. The second-order valence-electron chi connectivity index (χ2n) is 2.83. The minimum Gasteiger partial charge on any atom is -0.440 e. The van der Waals surface area contributed by atoms with Gasteiger partial charge in [0.15, 0.2) is 12.7 Å². The van der Waals surface area contributed by atoms with Gasteiger partial charge in [-0.15, -0.1) is 11.3 Å². The third-order valence-corrected chi connectivity index (χ3v) is 2.41. The molecule has 92 valence electrons. The molecule has 0 aliphatic heterocycles. The number of imide groups is 1. The Kier molecular flexibility index (Phi) is 4.55. The second kappa shape index (κ2) is 5.92. The number of carbonyl (C=O) groups excluding carboxylic acids is 3. The minimum absolute atomic E-state index is 0.297. The van der Waals surface area contributed by atoms with Crippen molar-refractivity contribution in [3.05, 3.63) is 16.6 Å². The zero-order chi connectivity index (χ0) is 12.8. The number of hydrogen-bond donors (Lipinski definition) is 3. The van der Waals surface area contributed by atoms with Crippen LogP contribution in [0.4, 0.5) is 4.79 Å². The van der Waals surface area contributed by atoms with Crippen molar-refractivity contribution in [3.63, 3.8) is 0 Å². The molecule has 1 aromatic heterocycles. The summed E-state index contributed by atoms with van der Waals surface area (Å²) in [6.45, 7) is -0.684. The van der Waals surface area contributed by atoms with E-state index in [0.29, 0.717) is 4.88 Å². The molecule has 1 aromatic rings. The minimum atomic E-state index is -1.49. The van der Waals surface area contributed by atoms with Crippen molar-refractivity contribution >= 4 is 29.2 Å². The Morgan fingerprint density at radius 3 is 2.82 bits per heavy atom. The SMILES string of the molecule is NC(=O)OCC(=O)NC(=O)C(O)c1cncs1. The molecule has 0 saturated heterocycles. The summed E-state index contributed by atoms with van der Waals surface area (Å²) in [6, 6.07) is 0. The Bertz CT molecular complexity index is 419. The van der Waals surface area contributed by atoms with Crippen LogP contribution in [0.3, 0.4) is 0 Å². The van der Waals surface area contributed by atoms with Gasteiger partial charge in [0, 0.05) is 6.20 Å². The maximum absolute atomic E-state index is 11.3. The van der Waals surface area contributed by atoms with E-state index in [-0.39, 0.29) is 0 Å². The van der Waals surface area contributed by atoms with Gasteiger partial charge < -0.3 is 15.6 Å². The van der Waals surface area contributed by atoms with Crippen LogP contribution < -0.4 is 11.1 Å². The molecule has 0 radical (unpaired) electrons. The first-order chi connectivity index (χ1) is 8.00. The number of rotatable bonds is 4. The van der Waals surface area contributed by atoms with E-state index in [4.69, 9.17) is 0 Å². The number of ether oxygens (including phenoxy) is 1. The van der Waals surface area contributed by atoms with Crippen LogP contribution in [0.2, 0.25) is 0 Å². The lowest BCUT2D eigenvalue weighted by Gasteiger charge is -2.08. The highest BCUT2D eigenvalue weighted by atomic mass is 32.1. The summed E-state index contributed by atoms with van der Waals surface area (Å²) in [7, 11) is 0. The molecular weight excluding hydrogens is 250 g/mol. The fourth-order valence-electron chi connectivity index (χ4n) is 0.868. The number of aromatic nitrogens is 1. The van der Waals surface area contributed by atoms with Crippen LogP contribution >= 0.6 is 11.3 Å². The van der Waals surface area contributed by atoms with Crippen molar-refractivity contribution in [2.24, 2.45) is 5.73 Å². The number of aliphatic hydroxyl groups excluding tert-OH is 1. The molecule has 1 heterocycles. The molecule has 4 N–H and O–H groups in total. The van der Waals surface area contributed by atoms with Crippen molar-refractivity contribution < 1.29 is 24.2 Å². The van der Waals surface area contributed by atoms with E-state index in [9.17, 15) is 19.5 Å². The van der Waals surface area contributed by atoms with Gasteiger partial charge in [0.25, 0.3) is 11.8 Å². The zero-order valence-corrected chi connectivity index (χ0v) is 9.27. The predicted octanol–water partition coefficient (Wildman–Crippen LogP) is -1.09. The predicted molar refractivity (Wildman–Crippen MR) is 55.8 cm³/mol. The molecule has 0 bridgehead atoms. The first-order valence-corrected chi connectivity index (χ1v) is 5.21. The average molecular weight is 259 g/mol. The lowest BCUT2D eigenvalue weighted by atomic mass is 10.3. The van der Waals surface area contributed by atoms with E-state index in [1.807, 2.05) is 5.32 Å². The summed E-state index contributed by atoms with van der Waals surface area (Å²) < 4.78 is 4.16. The quantitative estimate of drug-likeness (QED) is 0.629. The Morgan fingerprint density at radius 2 is 2.29 bits per heavy atom. The molecule has 0 aliphatic rings. The van der Waals surface area contributed by atoms with Crippen molar-refractivity contribution in [2.75, 3.05) is 6.61 Å². The van der Waals surface area contributed by atoms with E-state index in [2.05, 4.69) is 15.5 Å². The van der Waals surface area contributed by atoms with E-state index in [1.165, 1.54) is 11.7 Å². The zero-order valence-electron chi connectivity index (χ0n) is 8.45. The third-order valence-electron chi connectivity index (χ3n) is 1.58. The highest BCUT2D eigenvalue weighted by molar-refractivity contribution is 7.09. The van der Waals surface area contributed by atoms with Gasteiger partial charge in [-0.05, 0) is 0 Å². The van der Waals surface area contributed by atoms with Crippen LogP contribution in [0, 0.1) is 0 Å². The number of nitrogens with one attached hydrogen (secondary N) is 1. The van der Waals surface area contributed by atoms with Gasteiger partial charge >= 0.3 is 6.09 Å². The van der Waals surface area contributed by atoms with Crippen molar-refractivity contribution in [2.45, 2.75) is 6.10 Å². The molecule has 1 unspecified atom stereocenters. The monoisotopic (exact) mass is 259 g/mol. The first kappa shape index (κ1) is 13.1. The molecule has 0 spiro atoms. The highest BCUT2D eigenvalue weighted by Gasteiger charge is 2.21. The van der Waals surface area contributed by atoms with Crippen LogP contribution in [0.25, 0.3) is 0 Å². The van der Waals surface area contributed by atoms with Gasteiger partial charge in [-0.2, -0.15) is 0 Å². The number of carbonyl (C=O) groups is 3. The van der Waals surface area contributed by atoms with Crippen LogP contribution in [0.1, 0.15) is 11.0 Å². The normalized spacial score (nSPS) is 11.6. The average Bonchev–Trinajstić information content (AvgIpc) is 2.78. The van der Waals surface area contributed by atoms with Gasteiger partial charge in [-0.25, -0.2) is 4.79 Å². The van der Waals surface area contributed by atoms with Gasteiger partial charge in [0.2, 0.25) is 0 Å². The first-order valence-electron chi connectivity index (χ1n) is 4.33. The van der Waals surface area contributed by atoms with Crippen molar-refractivity contribution in [1.82, 2.24) is 10.3 Å². The molecule has 0 aromatic carbocycles. The van der Waals surface area contributed by atoms with Crippen LogP contribution in [0.15, 0.2) is 11.7 Å². The van der Waals surface area contributed by atoms with Gasteiger partial charge in [-0.3, -0.25) is 19.9 Å². The maximum Gasteiger partial charge on any atom is 0.405 e. The summed E-state index contributed by atoms with van der Waals surface area (Å²) in [5.41, 5.74) is 6.06. The van der Waals surface area contributed by atoms with Crippen LogP contribution in [-0.2, 0) is 14.3 Å².